The lowest BCUT2D eigenvalue weighted by molar-refractivity contribution is -0.700. The highest BCUT2D eigenvalue weighted by molar-refractivity contribution is 5.29. The van der Waals surface area contributed by atoms with Crippen LogP contribution in [-0.4, -0.2) is 11.5 Å². The lowest BCUT2D eigenvalue weighted by Crippen LogP contribution is -2.50. The van der Waals surface area contributed by atoms with Crippen LogP contribution < -0.4 is 19.4 Å². The Balaban J connectivity index is -0.000000601. The van der Waals surface area contributed by atoms with Crippen LogP contribution in [0.5, 0.6) is 0 Å². The number of aromatic nitrogens is 4. The number of nitrogens with one attached hydrogen (secondary N) is 1. The molecule has 5 rings (SSSR count). The zero-order valence-electron chi connectivity index (χ0n) is 29.8. The van der Waals surface area contributed by atoms with Crippen molar-refractivity contribution in [2.24, 2.45) is 11.8 Å². The maximum absolute atomic E-state index is 4.91. The Morgan fingerprint density at radius 1 is 0.640 bits per heavy atom. The lowest BCUT2D eigenvalue weighted by atomic mass is 10.0. The van der Waals surface area contributed by atoms with Crippen LogP contribution in [0.1, 0.15) is 126 Å². The highest BCUT2D eigenvalue weighted by Crippen LogP contribution is 2.15. The average molecular weight is 692 g/mol. The molecule has 0 spiro atoms. The number of rotatable bonds is 10. The summed E-state index contributed by atoms with van der Waals surface area (Å²) in [5, 5.41) is 0. The molecule has 6 nitrogen and oxygen atoms in total. The van der Waals surface area contributed by atoms with Crippen LogP contribution >= 0.6 is 0 Å². The van der Waals surface area contributed by atoms with Crippen LogP contribution in [0.25, 0.3) is 5.69 Å². The van der Waals surface area contributed by atoms with E-state index in [0.717, 1.165) is 31.5 Å². The van der Waals surface area contributed by atoms with Crippen LogP contribution in [0.3, 0.4) is 0 Å². The van der Waals surface area contributed by atoms with E-state index >= 15 is 0 Å². The van der Waals surface area contributed by atoms with Gasteiger partial charge in [-0.25, -0.2) is 4.57 Å². The van der Waals surface area contributed by atoms with Gasteiger partial charge in [0.15, 0.2) is 25.2 Å². The highest BCUT2D eigenvalue weighted by Gasteiger charge is 2.05. The number of oxazole rings is 1. The summed E-state index contributed by atoms with van der Waals surface area (Å²) in [4.78, 5) is 3.04. The topological polar surface area (TPSA) is 68.2 Å². The van der Waals surface area contributed by atoms with Crippen molar-refractivity contribution in [3.63, 3.8) is 0 Å². The summed E-state index contributed by atoms with van der Waals surface area (Å²) in [6.45, 7) is 20.8. The Bertz CT molecular complexity index is 1390. The summed E-state index contributed by atoms with van der Waals surface area (Å²) < 4.78 is 11.2. The van der Waals surface area contributed by atoms with Crippen molar-refractivity contribution in [3.05, 3.63) is 133 Å². The summed E-state index contributed by atoms with van der Waals surface area (Å²) in [6.07, 6.45) is 17.9. The largest absolute Gasteiger partial charge is 0.412 e. The fourth-order valence-corrected chi connectivity index (χ4v) is 4.44. The molecule has 4 N–H and O–H groups in total. The molecule has 0 fully saturated rings. The number of quaternary nitrogens is 1. The number of aryl methyl sites for hydroxylation is 1. The molecule has 3 heterocycles. The van der Waals surface area contributed by atoms with Gasteiger partial charge >= 0.3 is 6.39 Å². The minimum absolute atomic E-state index is 0. The number of hydrogen-bond acceptors (Lipinski definition) is 1. The van der Waals surface area contributed by atoms with E-state index in [-0.39, 0.29) is 29.7 Å². The smallest absolute Gasteiger partial charge is 0.334 e. The molecule has 0 atom stereocenters. The van der Waals surface area contributed by atoms with Crippen molar-refractivity contribution >= 4 is 0 Å². The fourth-order valence-electron chi connectivity index (χ4n) is 4.44. The quantitative estimate of drug-likeness (QED) is 0.141. The van der Waals surface area contributed by atoms with Gasteiger partial charge in [-0.1, -0.05) is 128 Å². The molecule has 6 heteroatoms. The summed E-state index contributed by atoms with van der Waals surface area (Å²) >= 11 is 0. The first kappa shape index (κ1) is 50.3. The van der Waals surface area contributed by atoms with Crippen LogP contribution in [0.4, 0.5) is 0 Å². The maximum Gasteiger partial charge on any atom is 0.334 e. The predicted molar refractivity (Wildman–Crippen MR) is 215 cm³/mol. The van der Waals surface area contributed by atoms with Gasteiger partial charge in [0.25, 0.3) is 0 Å². The molecule has 0 aliphatic carbocycles. The number of imidazole rings is 1. The van der Waals surface area contributed by atoms with Crippen molar-refractivity contribution in [1.29, 1.82) is 0 Å². The van der Waals surface area contributed by atoms with Crippen LogP contribution in [0.15, 0.2) is 121 Å². The fraction of sp³-hybridized carbons (Fsp3) is 0.477. The molecule has 0 saturated carbocycles. The van der Waals surface area contributed by atoms with Gasteiger partial charge in [-0.05, 0) is 46.8 Å². The summed E-state index contributed by atoms with van der Waals surface area (Å²) in [6, 6.07) is 23.7. The molecule has 0 radical (unpaired) electrons. The monoisotopic (exact) mass is 692 g/mol. The van der Waals surface area contributed by atoms with Crippen LogP contribution in [0, 0.1) is 11.8 Å². The normalized spacial score (nSPS) is 9.78. The van der Waals surface area contributed by atoms with Gasteiger partial charge in [0.2, 0.25) is 18.2 Å². The summed E-state index contributed by atoms with van der Waals surface area (Å²) in [5.41, 5.74) is 9.06. The van der Waals surface area contributed by atoms with Crippen LogP contribution in [0.2, 0.25) is 0 Å². The van der Waals surface area contributed by atoms with E-state index in [0.29, 0.717) is 11.8 Å². The Morgan fingerprint density at radius 3 is 1.58 bits per heavy atom. The molecular weight excluding hydrogens is 615 g/mol. The molecule has 3 aromatic heterocycles. The minimum atomic E-state index is 0. The van der Waals surface area contributed by atoms with Crippen molar-refractivity contribution in [2.75, 3.05) is 6.54 Å². The molecule has 0 unspecified atom stereocenters. The first-order chi connectivity index (χ1) is 22.1. The Kier molecular flexibility index (Phi) is 29.0. The predicted octanol–water partition coefficient (Wildman–Crippen LogP) is 9.99. The number of benzene rings is 2. The van der Waals surface area contributed by atoms with E-state index in [1.54, 1.807) is 12.7 Å². The van der Waals surface area contributed by atoms with E-state index < -0.39 is 0 Å². The maximum atomic E-state index is 4.91. The van der Waals surface area contributed by atoms with E-state index in [4.69, 9.17) is 4.42 Å². The van der Waals surface area contributed by atoms with Crippen molar-refractivity contribution in [2.45, 2.75) is 123 Å². The lowest BCUT2D eigenvalue weighted by Gasteiger charge is -2.05. The second kappa shape index (κ2) is 28.8. The standard InChI is InChI=1S/C14H16N.C13H16N2.C8H14NO.C5H13N.4CH4/c1-12(2)13-6-8-14(9-7-13)15-10-4-3-5-11-15;1-11(2)13-5-3-12(4-6-13)9-15-8-7-14-10-15;1-8(2)3-4-9-5-6-10-7-9;1-5(2)3-4-6;;;;/h3-12H,1-2H3;3-8,10-11H,9H2,1-2H3;5-8H,3-4H2,1-2H3;5H,3-4,6H2,1-2H3;4*1H4/q+1;;+1;;;;;/p+2. The molecule has 0 aliphatic rings. The highest BCUT2D eigenvalue weighted by atomic mass is 16.3. The van der Waals surface area contributed by atoms with Crippen LogP contribution in [-0.2, 0) is 13.1 Å². The van der Waals surface area contributed by atoms with E-state index in [2.05, 4.69) is 141 Å². The summed E-state index contributed by atoms with van der Waals surface area (Å²) in [7, 11) is 0. The molecule has 5 aromatic rings. The third kappa shape index (κ3) is 21.1. The second-order valence-corrected chi connectivity index (χ2v) is 13.2. The van der Waals surface area contributed by atoms with Gasteiger partial charge < -0.3 is 10.2 Å². The molecule has 0 bridgehead atoms. The van der Waals surface area contributed by atoms with Gasteiger partial charge in [0.05, 0.1) is 6.54 Å². The van der Waals surface area contributed by atoms with Crippen molar-refractivity contribution in [3.8, 4) is 5.69 Å². The zero-order valence-corrected chi connectivity index (χ0v) is 29.8. The van der Waals surface area contributed by atoms with E-state index in [9.17, 15) is 0 Å². The Morgan fingerprint density at radius 2 is 1.18 bits per heavy atom. The first-order valence-electron chi connectivity index (χ1n) is 17.0. The number of hydrogen-bond donors (Lipinski definition) is 2. The molecule has 280 valence electrons. The number of aromatic amines is 1. The second-order valence-electron chi connectivity index (χ2n) is 13.2. The third-order valence-electron chi connectivity index (χ3n) is 7.46. The van der Waals surface area contributed by atoms with Gasteiger partial charge in [-0.3, -0.25) is 4.98 Å². The molecule has 0 aliphatic heterocycles. The Labute approximate surface area is 308 Å². The minimum Gasteiger partial charge on any atom is -0.412 e. The zero-order chi connectivity index (χ0) is 33.7. The van der Waals surface area contributed by atoms with Crippen molar-refractivity contribution < 1.29 is 23.9 Å². The number of H-pyrrole nitrogens is 1. The third-order valence-corrected chi connectivity index (χ3v) is 7.46. The molecule has 0 saturated heterocycles. The number of pyridine rings is 1. The average Bonchev–Trinajstić information content (AvgIpc) is 3.77. The number of nitrogens with zero attached hydrogens (tertiary/aromatic N) is 3. The Hall–Kier alpha value is -4.03. The van der Waals surface area contributed by atoms with Gasteiger partial charge in [0, 0.05) is 30.7 Å². The van der Waals surface area contributed by atoms with Gasteiger partial charge in [-0.15, -0.1) is 0 Å². The molecule has 50 heavy (non-hydrogen) atoms. The summed E-state index contributed by atoms with van der Waals surface area (Å²) in [5.74, 6) is 2.81. The SMILES string of the molecule is C.C.C.C.CC(C)CC[NH3+].CC(C)CC[n+]1ccoc1.CC(C)c1ccc(-[n+]2ccccc2)cc1.CC(C)c1ccc(C[n+]2cc[nH]c2)cc1. The first-order valence-corrected chi connectivity index (χ1v) is 17.0. The molecule has 2 aromatic carbocycles. The van der Waals surface area contributed by atoms with E-state index in [1.165, 1.54) is 35.2 Å². The molecular formula is C44H77N5O+4. The van der Waals surface area contributed by atoms with Crippen molar-refractivity contribution in [1.82, 2.24) is 4.98 Å². The van der Waals surface area contributed by atoms with E-state index in [1.807, 2.05) is 43.1 Å². The van der Waals surface area contributed by atoms with Gasteiger partial charge in [-0.2, -0.15) is 9.13 Å². The molecule has 0 amide bonds. The van der Waals surface area contributed by atoms with Gasteiger partial charge in [0.1, 0.15) is 18.9 Å².